The molecular weight excluding hydrogens is 490 g/mol. The van der Waals surface area contributed by atoms with Gasteiger partial charge in [0, 0.05) is 54.7 Å². The number of piperazine rings is 1. The van der Waals surface area contributed by atoms with Crippen LogP contribution in [0, 0.1) is 10.1 Å². The Labute approximate surface area is 196 Å². The summed E-state index contributed by atoms with van der Waals surface area (Å²) in [6, 6.07) is 15.1. The molecule has 10 heteroatoms. The molecule has 0 aliphatic carbocycles. The van der Waals surface area contributed by atoms with Gasteiger partial charge in [-0.2, -0.15) is 0 Å². The maximum absolute atomic E-state index is 13.3. The fourth-order valence-electron chi connectivity index (χ4n) is 4.09. The first kappa shape index (κ1) is 21.1. The van der Waals surface area contributed by atoms with E-state index in [9.17, 15) is 19.7 Å². The van der Waals surface area contributed by atoms with Crippen molar-refractivity contribution in [2.45, 2.75) is 0 Å². The molecule has 9 nitrogen and oxygen atoms in total. The van der Waals surface area contributed by atoms with Gasteiger partial charge < -0.3 is 9.80 Å². The highest BCUT2D eigenvalue weighted by molar-refractivity contribution is 9.10. The molecule has 2 aromatic carbocycles. The lowest BCUT2D eigenvalue weighted by molar-refractivity contribution is -0.384. The van der Waals surface area contributed by atoms with Crippen LogP contribution in [0.1, 0.15) is 10.4 Å². The van der Waals surface area contributed by atoms with Crippen LogP contribution < -0.4 is 10.5 Å². The number of hydrogen-bond donors (Lipinski definition) is 0. The van der Waals surface area contributed by atoms with E-state index in [1.807, 2.05) is 6.07 Å². The van der Waals surface area contributed by atoms with E-state index in [4.69, 9.17) is 0 Å². The van der Waals surface area contributed by atoms with Crippen LogP contribution in [-0.4, -0.2) is 51.3 Å². The normalized spacial score (nSPS) is 14.1. The van der Waals surface area contributed by atoms with Crippen LogP contribution in [0.4, 0.5) is 11.4 Å². The van der Waals surface area contributed by atoms with Gasteiger partial charge >= 0.3 is 0 Å². The van der Waals surface area contributed by atoms with E-state index >= 15 is 0 Å². The molecule has 4 aromatic rings. The Morgan fingerprint density at radius 1 is 1.03 bits per heavy atom. The van der Waals surface area contributed by atoms with Crippen molar-refractivity contribution in [3.05, 3.63) is 91.3 Å². The first-order valence-corrected chi connectivity index (χ1v) is 11.1. The largest absolute Gasteiger partial charge is 0.368 e. The molecule has 0 spiro atoms. The van der Waals surface area contributed by atoms with Gasteiger partial charge in [0.25, 0.3) is 17.2 Å². The number of halogens is 1. The Kier molecular flexibility index (Phi) is 5.29. The Balaban J connectivity index is 1.40. The Morgan fingerprint density at radius 2 is 1.76 bits per heavy atom. The Bertz CT molecular complexity index is 1460. The van der Waals surface area contributed by atoms with E-state index < -0.39 is 4.92 Å². The number of amides is 1. The molecule has 0 unspecified atom stereocenters. The van der Waals surface area contributed by atoms with Crippen LogP contribution in [0.15, 0.2) is 70.1 Å². The molecule has 5 rings (SSSR count). The topological polar surface area (TPSA) is 101 Å². The van der Waals surface area contributed by atoms with E-state index in [1.165, 1.54) is 16.5 Å². The van der Waals surface area contributed by atoms with Crippen molar-refractivity contribution >= 4 is 49.8 Å². The number of hydrogen-bond acceptors (Lipinski definition) is 6. The molecule has 1 amide bonds. The summed E-state index contributed by atoms with van der Waals surface area (Å²) in [7, 11) is 0. The number of nitro groups is 1. The summed E-state index contributed by atoms with van der Waals surface area (Å²) in [5.41, 5.74) is 1.94. The summed E-state index contributed by atoms with van der Waals surface area (Å²) in [6.07, 6.45) is 1.62. The quantitative estimate of drug-likeness (QED) is 0.239. The predicted octanol–water partition coefficient (Wildman–Crippen LogP) is 3.48. The van der Waals surface area contributed by atoms with Crippen molar-refractivity contribution in [2.24, 2.45) is 0 Å². The monoisotopic (exact) mass is 507 g/mol. The van der Waals surface area contributed by atoms with Gasteiger partial charge in [-0.1, -0.05) is 15.9 Å². The van der Waals surface area contributed by atoms with E-state index in [-0.39, 0.29) is 17.2 Å². The third-order valence-electron chi connectivity index (χ3n) is 5.82. The average Bonchev–Trinajstić information content (AvgIpc) is 2.84. The zero-order valence-electron chi connectivity index (χ0n) is 17.3. The molecular formula is C23H18BrN5O4. The molecule has 2 aromatic heterocycles. The van der Waals surface area contributed by atoms with Crippen LogP contribution in [0.25, 0.3) is 16.6 Å². The molecule has 1 saturated heterocycles. The molecule has 0 saturated carbocycles. The number of nitro benzene ring substituents is 1. The highest BCUT2D eigenvalue weighted by Gasteiger charge is 2.25. The molecule has 0 bridgehead atoms. The first-order chi connectivity index (χ1) is 15.9. The molecule has 166 valence electrons. The van der Waals surface area contributed by atoms with E-state index in [2.05, 4.69) is 25.8 Å². The van der Waals surface area contributed by atoms with Crippen LogP contribution in [-0.2, 0) is 0 Å². The summed E-state index contributed by atoms with van der Waals surface area (Å²) in [4.78, 5) is 45.2. The van der Waals surface area contributed by atoms with Gasteiger partial charge in [0.05, 0.1) is 21.4 Å². The van der Waals surface area contributed by atoms with Crippen LogP contribution >= 0.6 is 15.9 Å². The van der Waals surface area contributed by atoms with Crippen molar-refractivity contribution in [1.82, 2.24) is 14.3 Å². The second-order valence-electron chi connectivity index (χ2n) is 7.75. The summed E-state index contributed by atoms with van der Waals surface area (Å²) in [5.74, 6) is -0.181. The predicted molar refractivity (Wildman–Crippen MR) is 128 cm³/mol. The van der Waals surface area contributed by atoms with Gasteiger partial charge in [-0.05, 0) is 42.5 Å². The fourth-order valence-corrected chi connectivity index (χ4v) is 4.45. The molecule has 0 radical (unpaired) electrons. The minimum Gasteiger partial charge on any atom is -0.368 e. The zero-order chi connectivity index (χ0) is 23.1. The van der Waals surface area contributed by atoms with Crippen molar-refractivity contribution in [2.75, 3.05) is 31.1 Å². The van der Waals surface area contributed by atoms with E-state index in [0.29, 0.717) is 48.3 Å². The van der Waals surface area contributed by atoms with Crippen LogP contribution in [0.5, 0.6) is 0 Å². The van der Waals surface area contributed by atoms with E-state index in [1.54, 1.807) is 47.5 Å². The summed E-state index contributed by atoms with van der Waals surface area (Å²) in [6.45, 7) is 2.17. The van der Waals surface area contributed by atoms with Gasteiger partial charge in [0.15, 0.2) is 5.65 Å². The van der Waals surface area contributed by atoms with Crippen molar-refractivity contribution in [1.29, 1.82) is 0 Å². The third-order valence-corrected chi connectivity index (χ3v) is 6.32. The standard InChI is InChI=1S/C23H18BrN5O4/c24-15-3-8-20-19(14-15)23(31)28-9-1-2-18(21(28)25-20)22(30)27-12-10-26(11-13-27)16-4-6-17(7-5-16)29(32)33/h1-9,14H,10-13H2. The minimum absolute atomic E-state index is 0.0474. The lowest BCUT2D eigenvalue weighted by Crippen LogP contribution is -2.49. The Morgan fingerprint density at radius 3 is 2.45 bits per heavy atom. The third kappa shape index (κ3) is 3.82. The van der Waals surface area contributed by atoms with Crippen molar-refractivity contribution in [3.63, 3.8) is 0 Å². The number of anilines is 1. The molecule has 1 aliphatic heterocycles. The van der Waals surface area contributed by atoms with Gasteiger partial charge in [0.2, 0.25) is 0 Å². The van der Waals surface area contributed by atoms with Gasteiger partial charge in [0.1, 0.15) is 0 Å². The number of fused-ring (bicyclic) bond motifs is 2. The minimum atomic E-state index is -0.425. The Hall–Kier alpha value is -3.79. The highest BCUT2D eigenvalue weighted by Crippen LogP contribution is 2.22. The number of carbonyl (C=O) groups excluding carboxylic acids is 1. The number of benzene rings is 2. The maximum atomic E-state index is 13.3. The zero-order valence-corrected chi connectivity index (χ0v) is 18.9. The SMILES string of the molecule is O=C(c1cccn2c(=O)c3cc(Br)ccc3nc12)N1CCN(c2ccc([N+](=O)[O-])cc2)CC1. The average molecular weight is 508 g/mol. The smallest absolute Gasteiger partial charge is 0.269 e. The van der Waals surface area contributed by atoms with Gasteiger partial charge in [-0.25, -0.2) is 4.98 Å². The van der Waals surface area contributed by atoms with E-state index in [0.717, 1.165) is 10.2 Å². The van der Waals surface area contributed by atoms with Gasteiger partial charge in [-0.15, -0.1) is 0 Å². The summed E-state index contributed by atoms with van der Waals surface area (Å²) in [5, 5.41) is 11.3. The molecule has 1 fully saturated rings. The van der Waals surface area contributed by atoms with Crippen LogP contribution in [0.3, 0.4) is 0 Å². The van der Waals surface area contributed by atoms with Crippen molar-refractivity contribution in [3.8, 4) is 0 Å². The maximum Gasteiger partial charge on any atom is 0.269 e. The van der Waals surface area contributed by atoms with Gasteiger partial charge in [-0.3, -0.25) is 24.1 Å². The highest BCUT2D eigenvalue weighted by atomic mass is 79.9. The second-order valence-corrected chi connectivity index (χ2v) is 8.66. The number of aromatic nitrogens is 2. The molecule has 1 aliphatic rings. The lowest BCUT2D eigenvalue weighted by Gasteiger charge is -2.36. The summed E-state index contributed by atoms with van der Waals surface area (Å²) < 4.78 is 2.20. The van der Waals surface area contributed by atoms with Crippen molar-refractivity contribution < 1.29 is 9.72 Å². The second kappa shape index (κ2) is 8.28. The first-order valence-electron chi connectivity index (χ1n) is 10.3. The number of carbonyl (C=O) groups is 1. The number of non-ortho nitro benzene ring substituents is 1. The number of nitrogens with zero attached hydrogens (tertiary/aromatic N) is 5. The molecule has 0 N–H and O–H groups in total. The van der Waals surface area contributed by atoms with Crippen LogP contribution in [0.2, 0.25) is 0 Å². The molecule has 3 heterocycles. The molecule has 33 heavy (non-hydrogen) atoms. The number of rotatable bonds is 3. The molecule has 0 atom stereocenters. The lowest BCUT2D eigenvalue weighted by atomic mass is 10.1. The number of pyridine rings is 1. The summed E-state index contributed by atoms with van der Waals surface area (Å²) >= 11 is 3.38. The fraction of sp³-hybridized carbons (Fsp3) is 0.174.